The highest BCUT2D eigenvalue weighted by molar-refractivity contribution is 9.10. The lowest BCUT2D eigenvalue weighted by atomic mass is 9.92. The SMILES string of the molecule is CNC(c1ccc(OC)c(Br)c1OC)C1CCS(=O)(=O)C1. The van der Waals surface area contributed by atoms with Crippen LogP contribution >= 0.6 is 15.9 Å². The van der Waals surface area contributed by atoms with Gasteiger partial charge in [0.1, 0.15) is 16.0 Å². The quantitative estimate of drug-likeness (QED) is 0.851. The number of nitrogens with one attached hydrogen (secondary N) is 1. The summed E-state index contributed by atoms with van der Waals surface area (Å²) >= 11 is 3.48. The monoisotopic (exact) mass is 377 g/mol. The van der Waals surface area contributed by atoms with Gasteiger partial charge in [-0.05, 0) is 47.4 Å². The number of rotatable bonds is 5. The molecule has 0 saturated carbocycles. The lowest BCUT2D eigenvalue weighted by Crippen LogP contribution is -2.26. The molecule has 2 unspecified atom stereocenters. The van der Waals surface area contributed by atoms with E-state index < -0.39 is 9.84 Å². The summed E-state index contributed by atoms with van der Waals surface area (Å²) in [6.07, 6.45) is 0.667. The van der Waals surface area contributed by atoms with E-state index in [4.69, 9.17) is 9.47 Å². The molecular formula is C14H20BrNO4S. The van der Waals surface area contributed by atoms with Crippen molar-refractivity contribution in [1.29, 1.82) is 0 Å². The Labute approximate surface area is 134 Å². The molecule has 21 heavy (non-hydrogen) atoms. The molecule has 1 N–H and O–H groups in total. The van der Waals surface area contributed by atoms with Crippen molar-refractivity contribution in [3.63, 3.8) is 0 Å². The van der Waals surface area contributed by atoms with Crippen LogP contribution in [0.25, 0.3) is 0 Å². The minimum atomic E-state index is -2.92. The number of sulfone groups is 1. The highest BCUT2D eigenvalue weighted by Gasteiger charge is 2.35. The lowest BCUT2D eigenvalue weighted by molar-refractivity contribution is 0.362. The maximum absolute atomic E-state index is 11.7. The van der Waals surface area contributed by atoms with Crippen molar-refractivity contribution in [3.05, 3.63) is 22.2 Å². The van der Waals surface area contributed by atoms with Gasteiger partial charge in [0.25, 0.3) is 0 Å². The maximum Gasteiger partial charge on any atom is 0.150 e. The standard InChI is InChI=1S/C14H20BrNO4S/c1-16-13(9-6-7-21(17,18)8-9)10-4-5-11(19-2)12(15)14(10)20-3/h4-5,9,13,16H,6-8H2,1-3H3. The van der Waals surface area contributed by atoms with Crippen LogP contribution in [0.4, 0.5) is 0 Å². The van der Waals surface area contributed by atoms with Gasteiger partial charge in [-0.25, -0.2) is 8.42 Å². The van der Waals surface area contributed by atoms with Crippen molar-refractivity contribution in [3.8, 4) is 11.5 Å². The van der Waals surface area contributed by atoms with Gasteiger partial charge in [0.2, 0.25) is 0 Å². The molecular weight excluding hydrogens is 358 g/mol. The van der Waals surface area contributed by atoms with Crippen molar-refractivity contribution in [2.45, 2.75) is 12.5 Å². The summed E-state index contributed by atoms with van der Waals surface area (Å²) in [5, 5.41) is 3.23. The Hall–Kier alpha value is -0.790. The van der Waals surface area contributed by atoms with Gasteiger partial charge in [0.15, 0.2) is 9.84 Å². The summed E-state index contributed by atoms with van der Waals surface area (Å²) in [4.78, 5) is 0. The molecule has 5 nitrogen and oxygen atoms in total. The summed E-state index contributed by atoms with van der Waals surface area (Å²) in [5.74, 6) is 1.89. The number of halogens is 1. The molecule has 0 bridgehead atoms. The Morgan fingerprint density at radius 1 is 1.33 bits per heavy atom. The third kappa shape index (κ3) is 3.35. The molecule has 0 aromatic heterocycles. The van der Waals surface area contributed by atoms with Gasteiger partial charge in [-0.3, -0.25) is 0 Å². The van der Waals surface area contributed by atoms with E-state index in [2.05, 4.69) is 21.2 Å². The molecule has 2 atom stereocenters. The van der Waals surface area contributed by atoms with Gasteiger partial charge in [0, 0.05) is 11.6 Å². The van der Waals surface area contributed by atoms with Crippen molar-refractivity contribution in [2.24, 2.45) is 5.92 Å². The number of hydrogen-bond donors (Lipinski definition) is 1. The van der Waals surface area contributed by atoms with Crippen molar-refractivity contribution in [1.82, 2.24) is 5.32 Å². The van der Waals surface area contributed by atoms with Crippen LogP contribution in [-0.2, 0) is 9.84 Å². The Morgan fingerprint density at radius 2 is 2.05 bits per heavy atom. The van der Waals surface area contributed by atoms with Gasteiger partial charge in [-0.2, -0.15) is 0 Å². The Balaban J connectivity index is 2.41. The first-order chi connectivity index (χ1) is 9.93. The molecule has 1 saturated heterocycles. The van der Waals surface area contributed by atoms with E-state index in [0.717, 1.165) is 10.0 Å². The number of ether oxygens (including phenoxy) is 2. The van der Waals surface area contributed by atoms with E-state index in [9.17, 15) is 8.42 Å². The normalized spacial score (nSPS) is 22.0. The minimum Gasteiger partial charge on any atom is -0.495 e. The van der Waals surface area contributed by atoms with Gasteiger partial charge >= 0.3 is 0 Å². The van der Waals surface area contributed by atoms with E-state index in [1.54, 1.807) is 14.2 Å². The molecule has 1 aliphatic heterocycles. The van der Waals surface area contributed by atoms with Crippen LogP contribution in [0.5, 0.6) is 11.5 Å². The molecule has 0 radical (unpaired) electrons. The highest BCUT2D eigenvalue weighted by Crippen LogP contribution is 2.43. The van der Waals surface area contributed by atoms with Crippen molar-refractivity contribution in [2.75, 3.05) is 32.8 Å². The first-order valence-electron chi connectivity index (χ1n) is 6.71. The van der Waals surface area contributed by atoms with Crippen LogP contribution in [-0.4, -0.2) is 41.2 Å². The Kier molecular flexibility index (Phi) is 5.16. The van der Waals surface area contributed by atoms with Gasteiger partial charge in [-0.1, -0.05) is 0 Å². The van der Waals surface area contributed by atoms with Crippen LogP contribution < -0.4 is 14.8 Å². The van der Waals surface area contributed by atoms with Gasteiger partial charge < -0.3 is 14.8 Å². The zero-order chi connectivity index (χ0) is 15.6. The average molecular weight is 378 g/mol. The predicted octanol–water partition coefficient (Wildman–Crippen LogP) is 2.16. The maximum atomic E-state index is 11.7. The average Bonchev–Trinajstić information content (AvgIpc) is 2.80. The second kappa shape index (κ2) is 6.54. The molecule has 0 aliphatic carbocycles. The Bertz CT molecular complexity index is 618. The van der Waals surface area contributed by atoms with E-state index >= 15 is 0 Å². The topological polar surface area (TPSA) is 64.6 Å². The summed E-state index contributed by atoms with van der Waals surface area (Å²) in [5.41, 5.74) is 0.940. The number of hydrogen-bond acceptors (Lipinski definition) is 5. The minimum absolute atomic E-state index is 0.0502. The van der Waals surface area contributed by atoms with E-state index in [0.29, 0.717) is 17.9 Å². The summed E-state index contributed by atoms with van der Waals surface area (Å²) in [6.45, 7) is 0. The number of benzene rings is 1. The van der Waals surface area contributed by atoms with Gasteiger partial charge in [-0.15, -0.1) is 0 Å². The molecule has 1 fully saturated rings. The largest absolute Gasteiger partial charge is 0.495 e. The Morgan fingerprint density at radius 3 is 2.52 bits per heavy atom. The molecule has 118 valence electrons. The van der Waals surface area contributed by atoms with E-state index in [-0.39, 0.29) is 23.5 Å². The molecule has 1 heterocycles. The number of methoxy groups -OCH3 is 2. The molecule has 1 aromatic carbocycles. The summed E-state index contributed by atoms with van der Waals surface area (Å²) in [7, 11) is 2.12. The van der Waals surface area contributed by atoms with E-state index in [1.165, 1.54) is 0 Å². The van der Waals surface area contributed by atoms with E-state index in [1.807, 2.05) is 19.2 Å². The fraction of sp³-hybridized carbons (Fsp3) is 0.571. The van der Waals surface area contributed by atoms with Crippen molar-refractivity contribution < 1.29 is 17.9 Å². The predicted molar refractivity (Wildman–Crippen MR) is 85.8 cm³/mol. The molecule has 7 heteroatoms. The smallest absolute Gasteiger partial charge is 0.150 e. The zero-order valence-electron chi connectivity index (χ0n) is 12.3. The molecule has 1 aliphatic rings. The van der Waals surface area contributed by atoms with Crippen molar-refractivity contribution >= 4 is 25.8 Å². The fourth-order valence-corrected chi connectivity index (χ4v) is 5.42. The third-order valence-electron chi connectivity index (χ3n) is 3.90. The molecule has 0 spiro atoms. The highest BCUT2D eigenvalue weighted by atomic mass is 79.9. The molecule has 1 aromatic rings. The summed E-state index contributed by atoms with van der Waals surface area (Å²) < 4.78 is 35.0. The second-order valence-corrected chi connectivity index (χ2v) is 8.16. The lowest BCUT2D eigenvalue weighted by Gasteiger charge is -2.25. The second-order valence-electron chi connectivity index (χ2n) is 5.13. The first-order valence-corrected chi connectivity index (χ1v) is 9.33. The van der Waals surface area contributed by atoms with Crippen LogP contribution in [0.2, 0.25) is 0 Å². The van der Waals surface area contributed by atoms with Crippen LogP contribution in [0, 0.1) is 5.92 Å². The fourth-order valence-electron chi connectivity index (χ4n) is 2.89. The molecule has 2 rings (SSSR count). The third-order valence-corrected chi connectivity index (χ3v) is 6.45. The summed E-state index contributed by atoms with van der Waals surface area (Å²) in [6, 6.07) is 3.71. The molecule has 0 amide bonds. The van der Waals surface area contributed by atoms with Crippen LogP contribution in [0.3, 0.4) is 0 Å². The van der Waals surface area contributed by atoms with Crippen LogP contribution in [0.15, 0.2) is 16.6 Å². The zero-order valence-corrected chi connectivity index (χ0v) is 14.8. The first kappa shape index (κ1) is 16.6. The van der Waals surface area contributed by atoms with Crippen LogP contribution in [0.1, 0.15) is 18.0 Å². The van der Waals surface area contributed by atoms with Gasteiger partial charge in [0.05, 0.1) is 25.7 Å².